The lowest BCUT2D eigenvalue weighted by Crippen LogP contribution is -2.47. The lowest BCUT2D eigenvalue weighted by atomic mass is 9.80. The number of benzene rings is 1. The third-order valence-corrected chi connectivity index (χ3v) is 6.70. The predicted octanol–water partition coefficient (Wildman–Crippen LogP) is 2.89. The van der Waals surface area contributed by atoms with Crippen LogP contribution in [0.5, 0.6) is 0 Å². The van der Waals surface area contributed by atoms with Crippen molar-refractivity contribution in [2.24, 2.45) is 13.0 Å². The van der Waals surface area contributed by atoms with E-state index in [2.05, 4.69) is 10.3 Å². The van der Waals surface area contributed by atoms with Crippen molar-refractivity contribution in [3.05, 3.63) is 70.0 Å². The number of halogens is 1. The number of pyridine rings is 1. The molecule has 2 atom stereocenters. The molecule has 31 heavy (non-hydrogen) atoms. The predicted molar refractivity (Wildman–Crippen MR) is 117 cm³/mol. The number of fused-ring (bicyclic) bond motifs is 1. The van der Waals surface area contributed by atoms with Crippen LogP contribution >= 0.6 is 0 Å². The maximum Gasteiger partial charge on any atom is 0.250 e. The Bertz CT molecular complexity index is 1180. The van der Waals surface area contributed by atoms with Crippen LogP contribution in [0.3, 0.4) is 0 Å². The SMILES string of the molecule is Cn1ccc(C2CCNC[C@@H]2C(=O)N(Cc2c[nH]c3cccc(F)c23)C2CC2)cc1=O. The number of nitrogens with zero attached hydrogens (tertiary/aromatic N) is 2. The van der Waals surface area contributed by atoms with Gasteiger partial charge in [0, 0.05) is 55.5 Å². The Kier molecular flexibility index (Phi) is 5.14. The standard InChI is InChI=1S/C24H27FN4O2/c1-28-10-8-15(11-22(28)30)18-7-9-26-13-19(18)24(31)29(17-5-6-17)14-16-12-27-21-4-2-3-20(25)23(16)21/h2-4,8,10-12,17-19,26-27H,5-7,9,13-14H2,1H3/t18?,19-/m0/s1. The molecule has 5 rings (SSSR count). The fourth-order valence-corrected chi connectivity index (χ4v) is 4.81. The van der Waals surface area contributed by atoms with E-state index in [0.717, 1.165) is 42.5 Å². The van der Waals surface area contributed by atoms with Crippen molar-refractivity contribution >= 4 is 16.8 Å². The van der Waals surface area contributed by atoms with E-state index in [-0.39, 0.29) is 35.2 Å². The fraction of sp³-hybridized carbons (Fsp3) is 0.417. The van der Waals surface area contributed by atoms with Gasteiger partial charge in [-0.2, -0.15) is 0 Å². The fourth-order valence-electron chi connectivity index (χ4n) is 4.81. The molecule has 2 aliphatic rings. The number of aromatic nitrogens is 2. The summed E-state index contributed by atoms with van der Waals surface area (Å²) < 4.78 is 16.0. The second-order valence-electron chi connectivity index (χ2n) is 8.79. The molecule has 6 nitrogen and oxygen atoms in total. The van der Waals surface area contributed by atoms with Gasteiger partial charge in [-0.05, 0) is 61.1 Å². The molecule has 1 aromatic carbocycles. The molecule has 1 amide bonds. The molecule has 1 unspecified atom stereocenters. The first kappa shape index (κ1) is 20.0. The Labute approximate surface area is 180 Å². The highest BCUT2D eigenvalue weighted by Crippen LogP contribution is 2.36. The van der Waals surface area contributed by atoms with Crippen LogP contribution < -0.4 is 10.9 Å². The first-order chi connectivity index (χ1) is 15.0. The van der Waals surface area contributed by atoms with Gasteiger partial charge in [-0.15, -0.1) is 0 Å². The van der Waals surface area contributed by atoms with Gasteiger partial charge in [0.15, 0.2) is 0 Å². The summed E-state index contributed by atoms with van der Waals surface area (Å²) in [5, 5.41) is 3.92. The number of nitrogens with one attached hydrogen (secondary N) is 2. The largest absolute Gasteiger partial charge is 0.361 e. The molecule has 2 aromatic heterocycles. The third-order valence-electron chi connectivity index (χ3n) is 6.70. The van der Waals surface area contributed by atoms with E-state index in [1.165, 1.54) is 6.07 Å². The number of amides is 1. The monoisotopic (exact) mass is 422 g/mol. The van der Waals surface area contributed by atoms with Crippen LogP contribution in [0.15, 0.2) is 47.5 Å². The summed E-state index contributed by atoms with van der Waals surface area (Å²) in [6.45, 7) is 1.80. The molecular weight excluding hydrogens is 395 g/mol. The number of piperidine rings is 1. The van der Waals surface area contributed by atoms with Crippen molar-refractivity contribution in [1.82, 2.24) is 19.8 Å². The van der Waals surface area contributed by atoms with Crippen molar-refractivity contribution < 1.29 is 9.18 Å². The molecule has 1 aliphatic carbocycles. The minimum atomic E-state index is -0.269. The summed E-state index contributed by atoms with van der Waals surface area (Å²) in [7, 11) is 1.73. The Hall–Kier alpha value is -2.93. The normalized spacial score (nSPS) is 21.4. The summed E-state index contributed by atoms with van der Waals surface area (Å²) >= 11 is 0. The van der Waals surface area contributed by atoms with Gasteiger partial charge in [-0.25, -0.2) is 4.39 Å². The summed E-state index contributed by atoms with van der Waals surface area (Å²) in [4.78, 5) is 31.0. The Balaban J connectivity index is 1.45. The molecule has 2 N–H and O–H groups in total. The number of aryl methyl sites for hydroxylation is 1. The molecule has 3 aromatic rings. The highest BCUT2D eigenvalue weighted by molar-refractivity contribution is 5.85. The van der Waals surface area contributed by atoms with Crippen molar-refractivity contribution in [2.75, 3.05) is 13.1 Å². The lowest BCUT2D eigenvalue weighted by Gasteiger charge is -2.35. The number of carbonyl (C=O) groups is 1. The second-order valence-corrected chi connectivity index (χ2v) is 8.79. The van der Waals surface area contributed by atoms with E-state index < -0.39 is 0 Å². The van der Waals surface area contributed by atoms with E-state index in [9.17, 15) is 14.0 Å². The van der Waals surface area contributed by atoms with Crippen LogP contribution in [-0.4, -0.2) is 39.5 Å². The highest BCUT2D eigenvalue weighted by Gasteiger charge is 2.40. The zero-order chi connectivity index (χ0) is 21.5. The molecule has 0 spiro atoms. The van der Waals surface area contributed by atoms with Crippen molar-refractivity contribution in [3.63, 3.8) is 0 Å². The summed E-state index contributed by atoms with van der Waals surface area (Å²) in [6, 6.07) is 8.81. The van der Waals surface area contributed by atoms with E-state index in [1.807, 2.05) is 23.2 Å². The summed E-state index contributed by atoms with van der Waals surface area (Å²) in [5.41, 5.74) is 2.42. The molecule has 1 saturated carbocycles. The number of aromatic amines is 1. The first-order valence-corrected chi connectivity index (χ1v) is 10.9. The number of hydrogen-bond donors (Lipinski definition) is 2. The second kappa shape index (κ2) is 7.96. The summed E-state index contributed by atoms with van der Waals surface area (Å²) in [5.74, 6) is -0.416. The van der Waals surface area contributed by atoms with Crippen LogP contribution in [0.25, 0.3) is 10.9 Å². The van der Waals surface area contributed by atoms with Gasteiger partial charge in [0.25, 0.3) is 5.56 Å². The Morgan fingerprint density at radius 1 is 1.26 bits per heavy atom. The number of hydrogen-bond acceptors (Lipinski definition) is 3. The quantitative estimate of drug-likeness (QED) is 0.664. The van der Waals surface area contributed by atoms with Crippen LogP contribution in [0.2, 0.25) is 0 Å². The minimum absolute atomic E-state index is 0.00334. The van der Waals surface area contributed by atoms with Gasteiger partial charge in [-0.3, -0.25) is 9.59 Å². The van der Waals surface area contributed by atoms with Crippen molar-refractivity contribution in [2.45, 2.75) is 37.8 Å². The van der Waals surface area contributed by atoms with Crippen molar-refractivity contribution in [3.8, 4) is 0 Å². The zero-order valence-corrected chi connectivity index (χ0v) is 17.6. The molecule has 0 bridgehead atoms. The van der Waals surface area contributed by atoms with E-state index in [0.29, 0.717) is 18.5 Å². The minimum Gasteiger partial charge on any atom is -0.361 e. The molecule has 3 heterocycles. The number of H-pyrrole nitrogens is 1. The molecular formula is C24H27FN4O2. The number of rotatable bonds is 5. The van der Waals surface area contributed by atoms with Gasteiger partial charge < -0.3 is 19.8 Å². The Morgan fingerprint density at radius 3 is 2.87 bits per heavy atom. The van der Waals surface area contributed by atoms with Gasteiger partial charge >= 0.3 is 0 Å². The molecule has 1 saturated heterocycles. The molecule has 7 heteroatoms. The van der Waals surface area contributed by atoms with Crippen molar-refractivity contribution in [1.29, 1.82) is 0 Å². The lowest BCUT2D eigenvalue weighted by molar-refractivity contribution is -0.138. The van der Waals surface area contributed by atoms with Gasteiger partial charge in [-0.1, -0.05) is 6.07 Å². The molecule has 1 aliphatic heterocycles. The highest BCUT2D eigenvalue weighted by atomic mass is 19.1. The number of carbonyl (C=O) groups excluding carboxylic acids is 1. The summed E-state index contributed by atoms with van der Waals surface area (Å²) in [6.07, 6.45) is 6.35. The van der Waals surface area contributed by atoms with Gasteiger partial charge in [0.05, 0.1) is 5.92 Å². The van der Waals surface area contributed by atoms with Crippen LogP contribution in [-0.2, 0) is 18.4 Å². The van der Waals surface area contributed by atoms with E-state index in [1.54, 1.807) is 29.9 Å². The average molecular weight is 423 g/mol. The zero-order valence-electron chi connectivity index (χ0n) is 17.6. The van der Waals surface area contributed by atoms with E-state index >= 15 is 0 Å². The molecule has 0 radical (unpaired) electrons. The maximum absolute atomic E-state index is 14.5. The average Bonchev–Trinajstić information content (AvgIpc) is 3.53. The molecule has 162 valence electrons. The van der Waals surface area contributed by atoms with Crippen LogP contribution in [0.4, 0.5) is 4.39 Å². The van der Waals surface area contributed by atoms with Crippen LogP contribution in [0.1, 0.15) is 36.3 Å². The Morgan fingerprint density at radius 2 is 2.10 bits per heavy atom. The maximum atomic E-state index is 14.5. The van der Waals surface area contributed by atoms with Gasteiger partial charge in [0.2, 0.25) is 5.91 Å². The van der Waals surface area contributed by atoms with Gasteiger partial charge in [0.1, 0.15) is 5.82 Å². The first-order valence-electron chi connectivity index (χ1n) is 10.9. The smallest absolute Gasteiger partial charge is 0.250 e. The third kappa shape index (κ3) is 3.78. The molecule has 2 fully saturated rings. The van der Waals surface area contributed by atoms with Crippen LogP contribution in [0, 0.1) is 11.7 Å². The topological polar surface area (TPSA) is 70.1 Å². The van der Waals surface area contributed by atoms with E-state index in [4.69, 9.17) is 0 Å².